The zero-order valence-electron chi connectivity index (χ0n) is 10.3. The zero-order chi connectivity index (χ0) is 15.6. The summed E-state index contributed by atoms with van der Waals surface area (Å²) in [4.78, 5) is 11.0. The first kappa shape index (κ1) is 16.0. The third-order valence-electron chi connectivity index (χ3n) is 2.19. The topological polar surface area (TPSA) is 44.8 Å². The second-order valence-corrected chi connectivity index (χ2v) is 3.45. The Kier molecular flexibility index (Phi) is 4.41. The van der Waals surface area contributed by atoms with E-state index in [4.69, 9.17) is 9.47 Å². The molecule has 0 unspecified atom stereocenters. The van der Waals surface area contributed by atoms with Crippen molar-refractivity contribution in [1.82, 2.24) is 0 Å². The van der Waals surface area contributed by atoms with Crippen LogP contribution in [0.3, 0.4) is 0 Å². The molecule has 4 nitrogen and oxygen atoms in total. The quantitative estimate of drug-likeness (QED) is 0.487. The summed E-state index contributed by atoms with van der Waals surface area (Å²) in [5.41, 5.74) is 0. The third-order valence-corrected chi connectivity index (χ3v) is 2.19. The summed E-state index contributed by atoms with van der Waals surface area (Å²) in [6, 6.07) is 3.78. The fraction of sp³-hybridized carbons (Fsp3) is 0.364. The van der Waals surface area contributed by atoms with Crippen molar-refractivity contribution >= 4 is 5.97 Å². The Bertz CT molecular complexity index is 476. The minimum absolute atomic E-state index is 0.226. The number of rotatable bonds is 4. The van der Waals surface area contributed by atoms with Crippen LogP contribution >= 0.6 is 0 Å². The molecule has 1 aromatic rings. The first-order chi connectivity index (χ1) is 9.15. The third kappa shape index (κ3) is 2.91. The lowest BCUT2D eigenvalue weighted by Crippen LogP contribution is -2.46. The van der Waals surface area contributed by atoms with Gasteiger partial charge in [-0.05, 0) is 12.1 Å². The molecule has 112 valence electrons. The van der Waals surface area contributed by atoms with Gasteiger partial charge < -0.3 is 14.2 Å². The molecule has 0 fully saturated rings. The maximum absolute atomic E-state index is 12.8. The Hall–Kier alpha value is -2.06. The first-order valence-corrected chi connectivity index (χ1v) is 5.03. The van der Waals surface area contributed by atoms with Crippen LogP contribution in [-0.4, -0.2) is 32.3 Å². The fourth-order valence-electron chi connectivity index (χ4n) is 1.19. The van der Waals surface area contributed by atoms with Crippen LogP contribution in [0, 0.1) is 0 Å². The number of halogens is 5. The van der Waals surface area contributed by atoms with Crippen LogP contribution in [0.2, 0.25) is 0 Å². The molecule has 0 spiro atoms. The molecule has 0 aromatic heterocycles. The van der Waals surface area contributed by atoms with Crippen LogP contribution in [0.1, 0.15) is 0 Å². The summed E-state index contributed by atoms with van der Waals surface area (Å²) in [5.74, 6) is -9.52. The van der Waals surface area contributed by atoms with Gasteiger partial charge in [-0.3, -0.25) is 0 Å². The van der Waals surface area contributed by atoms with Gasteiger partial charge in [-0.25, -0.2) is 4.79 Å². The van der Waals surface area contributed by atoms with E-state index in [2.05, 4.69) is 4.74 Å². The Morgan fingerprint density at radius 2 is 1.45 bits per heavy atom. The van der Waals surface area contributed by atoms with E-state index in [1.165, 1.54) is 18.2 Å². The molecular weight excluding hydrogens is 291 g/mol. The summed E-state index contributed by atoms with van der Waals surface area (Å²) in [5, 5.41) is 0. The molecule has 0 atom stereocenters. The highest BCUT2D eigenvalue weighted by Gasteiger charge is 2.65. The molecule has 1 rings (SSSR count). The van der Waals surface area contributed by atoms with Gasteiger partial charge >= 0.3 is 18.1 Å². The monoisotopic (exact) mass is 300 g/mol. The molecule has 0 radical (unpaired) electrons. The van der Waals surface area contributed by atoms with Crippen molar-refractivity contribution in [1.29, 1.82) is 0 Å². The van der Waals surface area contributed by atoms with Crippen molar-refractivity contribution in [3.8, 4) is 17.2 Å². The van der Waals surface area contributed by atoms with E-state index >= 15 is 0 Å². The van der Waals surface area contributed by atoms with E-state index < -0.39 is 23.8 Å². The van der Waals surface area contributed by atoms with Crippen LogP contribution in [-0.2, 0) is 4.79 Å². The molecule has 0 heterocycles. The van der Waals surface area contributed by atoms with Gasteiger partial charge in [-0.15, -0.1) is 0 Å². The van der Waals surface area contributed by atoms with Gasteiger partial charge in [0.25, 0.3) is 0 Å². The normalized spacial score (nSPS) is 11.9. The van der Waals surface area contributed by atoms with Gasteiger partial charge in [0.05, 0.1) is 14.2 Å². The van der Waals surface area contributed by atoms with E-state index in [0.717, 1.165) is 14.2 Å². The van der Waals surface area contributed by atoms with E-state index in [1.54, 1.807) is 0 Å². The summed E-state index contributed by atoms with van der Waals surface area (Å²) < 4.78 is 75.2. The van der Waals surface area contributed by atoms with Crippen molar-refractivity contribution in [2.45, 2.75) is 12.1 Å². The van der Waals surface area contributed by atoms with Gasteiger partial charge in [-0.1, -0.05) is 6.07 Å². The van der Waals surface area contributed by atoms with Gasteiger partial charge in [0.2, 0.25) is 5.75 Å². The SMILES string of the molecule is COc1cccc(OC)c1OC(=O)C(F)(F)C(F)(F)F. The number of hydrogen-bond donors (Lipinski definition) is 0. The number of carbonyl (C=O) groups is 1. The van der Waals surface area contributed by atoms with Crippen LogP contribution in [0.4, 0.5) is 22.0 Å². The lowest BCUT2D eigenvalue weighted by molar-refractivity contribution is -0.276. The minimum Gasteiger partial charge on any atom is -0.493 e. The summed E-state index contributed by atoms with van der Waals surface area (Å²) >= 11 is 0. The maximum Gasteiger partial charge on any atom is 0.465 e. The number of esters is 1. The average Bonchev–Trinajstić information content (AvgIpc) is 2.37. The molecule has 0 saturated carbocycles. The summed E-state index contributed by atoms with van der Waals surface area (Å²) in [6.07, 6.45) is -6.06. The molecule has 0 saturated heterocycles. The van der Waals surface area contributed by atoms with E-state index in [1.807, 2.05) is 0 Å². The van der Waals surface area contributed by atoms with Crippen LogP contribution in [0.15, 0.2) is 18.2 Å². The van der Waals surface area contributed by atoms with E-state index in [9.17, 15) is 26.7 Å². The van der Waals surface area contributed by atoms with Crippen LogP contribution < -0.4 is 14.2 Å². The molecular formula is C11H9F5O4. The zero-order valence-corrected chi connectivity index (χ0v) is 10.3. The number of methoxy groups -OCH3 is 2. The molecule has 0 bridgehead atoms. The van der Waals surface area contributed by atoms with Crippen molar-refractivity contribution in [3.05, 3.63) is 18.2 Å². The van der Waals surface area contributed by atoms with E-state index in [0.29, 0.717) is 0 Å². The van der Waals surface area contributed by atoms with Crippen LogP contribution in [0.25, 0.3) is 0 Å². The number of benzene rings is 1. The van der Waals surface area contributed by atoms with Gasteiger partial charge in [0.15, 0.2) is 11.5 Å². The predicted molar refractivity (Wildman–Crippen MR) is 56.2 cm³/mol. The lowest BCUT2D eigenvalue weighted by atomic mass is 10.3. The summed E-state index contributed by atoms with van der Waals surface area (Å²) in [6.45, 7) is 0. The number of hydrogen-bond acceptors (Lipinski definition) is 4. The van der Waals surface area contributed by atoms with E-state index in [-0.39, 0.29) is 11.5 Å². The highest BCUT2D eigenvalue weighted by molar-refractivity contribution is 5.82. The number of carbonyl (C=O) groups excluding carboxylic acids is 1. The molecule has 0 N–H and O–H groups in total. The highest BCUT2D eigenvalue weighted by Crippen LogP contribution is 2.41. The van der Waals surface area contributed by atoms with Crippen molar-refractivity contribution < 1.29 is 41.0 Å². The number of ether oxygens (including phenoxy) is 3. The van der Waals surface area contributed by atoms with Gasteiger partial charge in [0.1, 0.15) is 0 Å². The van der Waals surface area contributed by atoms with Crippen LogP contribution in [0.5, 0.6) is 17.2 Å². The largest absolute Gasteiger partial charge is 0.493 e. The fourth-order valence-corrected chi connectivity index (χ4v) is 1.19. The Labute approximate surface area is 110 Å². The van der Waals surface area contributed by atoms with Crippen molar-refractivity contribution in [2.75, 3.05) is 14.2 Å². The average molecular weight is 300 g/mol. The Morgan fingerprint density at radius 1 is 1.00 bits per heavy atom. The summed E-state index contributed by atoms with van der Waals surface area (Å²) in [7, 11) is 2.24. The van der Waals surface area contributed by atoms with Gasteiger partial charge in [-0.2, -0.15) is 22.0 Å². The highest BCUT2D eigenvalue weighted by atomic mass is 19.4. The minimum atomic E-state index is -6.06. The first-order valence-electron chi connectivity index (χ1n) is 5.03. The second-order valence-electron chi connectivity index (χ2n) is 3.45. The smallest absolute Gasteiger partial charge is 0.465 e. The Balaban J connectivity index is 3.14. The molecule has 0 aliphatic rings. The molecule has 0 amide bonds. The molecule has 1 aromatic carbocycles. The second kappa shape index (κ2) is 5.51. The predicted octanol–water partition coefficient (Wildman–Crippen LogP) is 2.81. The maximum atomic E-state index is 12.8. The Morgan fingerprint density at radius 3 is 1.80 bits per heavy atom. The van der Waals surface area contributed by atoms with Crippen molar-refractivity contribution in [2.24, 2.45) is 0 Å². The standard InChI is InChI=1S/C11H9F5O4/c1-18-6-4-3-5-7(19-2)8(6)20-9(17)10(12,13)11(14,15)16/h3-5H,1-2H3. The lowest BCUT2D eigenvalue weighted by Gasteiger charge is -2.19. The number of alkyl halides is 5. The molecule has 20 heavy (non-hydrogen) atoms. The molecule has 0 aliphatic carbocycles. The van der Waals surface area contributed by atoms with Crippen molar-refractivity contribution in [3.63, 3.8) is 0 Å². The molecule has 0 aliphatic heterocycles. The molecule has 9 heteroatoms. The number of para-hydroxylation sites is 1. The van der Waals surface area contributed by atoms with Gasteiger partial charge in [0, 0.05) is 0 Å².